The molecule has 2 nitrogen and oxygen atoms in total. The summed E-state index contributed by atoms with van der Waals surface area (Å²) in [5, 5.41) is 3.08. The number of nitrogens with one attached hydrogen (secondary N) is 1. The molecule has 0 amide bonds. The van der Waals surface area contributed by atoms with E-state index in [4.69, 9.17) is 4.74 Å². The van der Waals surface area contributed by atoms with Crippen LogP contribution in [-0.4, -0.2) is 7.05 Å². The molecule has 0 spiro atoms. The standard InChI is InChI=1S/C15H16FNO/c1-11-7-8-13(16)9-15(11)18-14-6-4-3-5-12(14)10-17-2/h3-9,17H,10H2,1-2H3. The van der Waals surface area contributed by atoms with E-state index in [9.17, 15) is 4.39 Å². The average molecular weight is 245 g/mol. The van der Waals surface area contributed by atoms with E-state index >= 15 is 0 Å². The highest BCUT2D eigenvalue weighted by Gasteiger charge is 2.06. The SMILES string of the molecule is CNCc1ccccc1Oc1cc(F)ccc1C. The van der Waals surface area contributed by atoms with Gasteiger partial charge in [0.1, 0.15) is 17.3 Å². The van der Waals surface area contributed by atoms with Crippen LogP contribution in [0.1, 0.15) is 11.1 Å². The second kappa shape index (κ2) is 5.65. The van der Waals surface area contributed by atoms with E-state index in [-0.39, 0.29) is 5.82 Å². The van der Waals surface area contributed by atoms with Crippen LogP contribution in [0.3, 0.4) is 0 Å². The lowest BCUT2D eigenvalue weighted by Crippen LogP contribution is -2.06. The van der Waals surface area contributed by atoms with Crippen LogP contribution in [0.25, 0.3) is 0 Å². The van der Waals surface area contributed by atoms with Crippen molar-refractivity contribution in [2.75, 3.05) is 7.05 Å². The van der Waals surface area contributed by atoms with E-state index in [1.807, 2.05) is 38.2 Å². The Labute approximate surface area is 106 Å². The van der Waals surface area contributed by atoms with Crippen LogP contribution in [0, 0.1) is 12.7 Å². The summed E-state index contributed by atoms with van der Waals surface area (Å²) in [5.41, 5.74) is 1.96. The fourth-order valence-corrected chi connectivity index (χ4v) is 1.74. The van der Waals surface area contributed by atoms with E-state index in [2.05, 4.69) is 5.32 Å². The lowest BCUT2D eigenvalue weighted by molar-refractivity contribution is 0.465. The summed E-state index contributed by atoms with van der Waals surface area (Å²) in [4.78, 5) is 0. The van der Waals surface area contributed by atoms with Gasteiger partial charge in [0.05, 0.1) is 0 Å². The maximum Gasteiger partial charge on any atom is 0.133 e. The molecule has 3 heteroatoms. The van der Waals surface area contributed by atoms with Gasteiger partial charge in [-0.1, -0.05) is 24.3 Å². The third-order valence-corrected chi connectivity index (χ3v) is 2.71. The van der Waals surface area contributed by atoms with Gasteiger partial charge in [-0.15, -0.1) is 0 Å². The average Bonchev–Trinajstić information content (AvgIpc) is 2.36. The first kappa shape index (κ1) is 12.6. The highest BCUT2D eigenvalue weighted by atomic mass is 19.1. The zero-order valence-electron chi connectivity index (χ0n) is 10.5. The largest absolute Gasteiger partial charge is 0.457 e. The maximum atomic E-state index is 13.2. The van der Waals surface area contributed by atoms with Crippen molar-refractivity contribution in [3.05, 3.63) is 59.4 Å². The Morgan fingerprint density at radius 2 is 1.89 bits per heavy atom. The van der Waals surface area contributed by atoms with Crippen LogP contribution < -0.4 is 10.1 Å². The molecule has 2 aromatic rings. The molecule has 0 aliphatic carbocycles. The van der Waals surface area contributed by atoms with Crippen molar-refractivity contribution >= 4 is 0 Å². The molecule has 18 heavy (non-hydrogen) atoms. The number of hydrogen-bond acceptors (Lipinski definition) is 2. The molecule has 0 aliphatic rings. The van der Waals surface area contributed by atoms with E-state index in [1.54, 1.807) is 6.07 Å². The number of rotatable bonds is 4. The summed E-state index contributed by atoms with van der Waals surface area (Å²) in [6.07, 6.45) is 0. The van der Waals surface area contributed by atoms with Gasteiger partial charge in [0.15, 0.2) is 0 Å². The first-order valence-corrected chi connectivity index (χ1v) is 5.87. The Bertz CT molecular complexity index is 540. The minimum Gasteiger partial charge on any atom is -0.457 e. The molecule has 0 saturated heterocycles. The van der Waals surface area contributed by atoms with Crippen molar-refractivity contribution in [3.8, 4) is 11.5 Å². The molecule has 0 radical (unpaired) electrons. The summed E-state index contributed by atoms with van der Waals surface area (Å²) in [7, 11) is 1.88. The first-order chi connectivity index (χ1) is 8.70. The van der Waals surface area contributed by atoms with Crippen molar-refractivity contribution in [1.82, 2.24) is 5.32 Å². The molecule has 0 aliphatic heterocycles. The van der Waals surface area contributed by atoms with E-state index in [0.29, 0.717) is 12.3 Å². The Kier molecular flexibility index (Phi) is 3.95. The molecular weight excluding hydrogens is 229 g/mol. The first-order valence-electron chi connectivity index (χ1n) is 5.87. The van der Waals surface area contributed by atoms with Crippen molar-refractivity contribution < 1.29 is 9.13 Å². The molecule has 94 valence electrons. The highest BCUT2D eigenvalue weighted by molar-refractivity contribution is 5.41. The van der Waals surface area contributed by atoms with E-state index < -0.39 is 0 Å². The van der Waals surface area contributed by atoms with E-state index in [1.165, 1.54) is 12.1 Å². The Morgan fingerprint density at radius 1 is 1.11 bits per heavy atom. The van der Waals surface area contributed by atoms with Gasteiger partial charge in [-0.2, -0.15) is 0 Å². The smallest absolute Gasteiger partial charge is 0.133 e. The van der Waals surface area contributed by atoms with Gasteiger partial charge >= 0.3 is 0 Å². The van der Waals surface area contributed by atoms with Gasteiger partial charge in [-0.05, 0) is 31.7 Å². The molecule has 0 saturated carbocycles. The summed E-state index contributed by atoms with van der Waals surface area (Å²) in [6.45, 7) is 2.61. The third-order valence-electron chi connectivity index (χ3n) is 2.71. The lowest BCUT2D eigenvalue weighted by Gasteiger charge is -2.12. The van der Waals surface area contributed by atoms with Crippen molar-refractivity contribution in [2.24, 2.45) is 0 Å². The minimum absolute atomic E-state index is 0.290. The number of halogens is 1. The van der Waals surface area contributed by atoms with Crippen LogP contribution in [-0.2, 0) is 6.54 Å². The third kappa shape index (κ3) is 2.87. The predicted octanol–water partition coefficient (Wildman–Crippen LogP) is 3.65. The topological polar surface area (TPSA) is 21.3 Å². The summed E-state index contributed by atoms with van der Waals surface area (Å²) >= 11 is 0. The fourth-order valence-electron chi connectivity index (χ4n) is 1.74. The van der Waals surface area contributed by atoms with Gasteiger partial charge in [-0.3, -0.25) is 0 Å². The van der Waals surface area contributed by atoms with Gasteiger partial charge in [0.2, 0.25) is 0 Å². The van der Waals surface area contributed by atoms with Gasteiger partial charge in [-0.25, -0.2) is 4.39 Å². The number of hydrogen-bond donors (Lipinski definition) is 1. The zero-order valence-corrected chi connectivity index (χ0v) is 10.5. The molecule has 0 fully saturated rings. The molecule has 0 heterocycles. The minimum atomic E-state index is -0.290. The van der Waals surface area contributed by atoms with Crippen LogP contribution in [0.5, 0.6) is 11.5 Å². The van der Waals surface area contributed by atoms with Gasteiger partial charge < -0.3 is 10.1 Å². The summed E-state index contributed by atoms with van der Waals surface area (Å²) < 4.78 is 19.0. The summed E-state index contributed by atoms with van der Waals surface area (Å²) in [5.74, 6) is 1.01. The molecule has 0 unspecified atom stereocenters. The molecule has 2 aromatic carbocycles. The highest BCUT2D eigenvalue weighted by Crippen LogP contribution is 2.28. The van der Waals surface area contributed by atoms with Gasteiger partial charge in [0, 0.05) is 18.2 Å². The monoisotopic (exact) mass is 245 g/mol. The number of aryl methyl sites for hydroxylation is 1. The quantitative estimate of drug-likeness (QED) is 0.887. The number of benzene rings is 2. The van der Waals surface area contributed by atoms with Gasteiger partial charge in [0.25, 0.3) is 0 Å². The van der Waals surface area contributed by atoms with Crippen LogP contribution in [0.4, 0.5) is 4.39 Å². The second-order valence-corrected chi connectivity index (χ2v) is 4.15. The Hall–Kier alpha value is -1.87. The lowest BCUT2D eigenvalue weighted by atomic mass is 10.2. The van der Waals surface area contributed by atoms with Crippen molar-refractivity contribution in [1.29, 1.82) is 0 Å². The predicted molar refractivity (Wildman–Crippen MR) is 70.4 cm³/mol. The van der Waals surface area contributed by atoms with Crippen molar-refractivity contribution in [2.45, 2.75) is 13.5 Å². The van der Waals surface area contributed by atoms with Crippen LogP contribution in [0.15, 0.2) is 42.5 Å². The molecular formula is C15H16FNO. The normalized spacial score (nSPS) is 10.4. The molecule has 0 aromatic heterocycles. The molecule has 0 atom stereocenters. The molecule has 2 rings (SSSR count). The molecule has 1 N–H and O–H groups in total. The zero-order chi connectivity index (χ0) is 13.0. The van der Waals surface area contributed by atoms with E-state index in [0.717, 1.165) is 16.9 Å². The maximum absolute atomic E-state index is 13.2. The van der Waals surface area contributed by atoms with Crippen molar-refractivity contribution in [3.63, 3.8) is 0 Å². The number of ether oxygens (including phenoxy) is 1. The van der Waals surface area contributed by atoms with Crippen LogP contribution >= 0.6 is 0 Å². The Morgan fingerprint density at radius 3 is 2.67 bits per heavy atom. The summed E-state index contributed by atoms with van der Waals surface area (Å²) in [6, 6.07) is 12.3. The van der Waals surface area contributed by atoms with Crippen LogP contribution in [0.2, 0.25) is 0 Å². The Balaban J connectivity index is 2.30. The molecule has 0 bridgehead atoms. The number of para-hydroxylation sites is 1. The fraction of sp³-hybridized carbons (Fsp3) is 0.200. The second-order valence-electron chi connectivity index (χ2n) is 4.15.